The number of piperazine rings is 1. The zero-order valence-electron chi connectivity index (χ0n) is 14.7. The number of anilines is 1. The Morgan fingerprint density at radius 3 is 2.64 bits per heavy atom. The van der Waals surface area contributed by atoms with Gasteiger partial charge in [-0.25, -0.2) is 4.79 Å². The number of nitrogens with zero attached hydrogens (tertiary/aromatic N) is 5. The van der Waals surface area contributed by atoms with E-state index in [-0.39, 0.29) is 17.8 Å². The number of aromatic nitrogens is 4. The molecule has 0 aromatic carbocycles. The predicted octanol–water partition coefficient (Wildman–Crippen LogP) is -0.861. The second kappa shape index (κ2) is 7.24. The van der Waals surface area contributed by atoms with Crippen molar-refractivity contribution in [2.75, 3.05) is 44.8 Å². The maximum atomic E-state index is 13.0. The number of methoxy groups -OCH3 is 1. The minimum absolute atomic E-state index is 0.209. The smallest absolute Gasteiger partial charge is 0.332 e. The molecule has 2 aromatic rings. The van der Waals surface area contributed by atoms with Crippen LogP contribution in [-0.4, -0.2) is 58.6 Å². The zero-order valence-corrected chi connectivity index (χ0v) is 14.7. The van der Waals surface area contributed by atoms with Crippen molar-refractivity contribution in [1.29, 1.82) is 0 Å². The summed E-state index contributed by atoms with van der Waals surface area (Å²) in [5.41, 5.74) is 0.0984. The molecule has 0 bridgehead atoms. The Morgan fingerprint density at radius 1 is 1.28 bits per heavy atom. The van der Waals surface area contributed by atoms with Crippen LogP contribution in [0, 0.1) is 0 Å². The van der Waals surface area contributed by atoms with Crippen LogP contribution < -0.4 is 21.5 Å². The molecule has 1 aliphatic rings. The van der Waals surface area contributed by atoms with Crippen molar-refractivity contribution in [2.24, 2.45) is 7.05 Å². The minimum Gasteiger partial charge on any atom is -0.383 e. The first-order chi connectivity index (χ1) is 12.1. The Balaban J connectivity index is 2.26. The van der Waals surface area contributed by atoms with E-state index in [1.165, 1.54) is 9.13 Å². The number of fused-ring (bicyclic) bond motifs is 1. The standard InChI is InChI=1S/C16H24N6O3/c1-4-7-21-12-13(18-15(21)20-8-5-17-6-9-20)19(2)16(24)22(14(12)23)10-11-25-3/h4,17H,1,5-11H2,2-3H3. The fraction of sp³-hybridized carbons (Fsp3) is 0.562. The highest BCUT2D eigenvalue weighted by atomic mass is 16.5. The van der Waals surface area contributed by atoms with Crippen molar-refractivity contribution in [1.82, 2.24) is 24.0 Å². The molecule has 1 fully saturated rings. The number of rotatable bonds is 6. The number of hydrogen-bond acceptors (Lipinski definition) is 6. The van der Waals surface area contributed by atoms with E-state index in [0.717, 1.165) is 26.2 Å². The summed E-state index contributed by atoms with van der Waals surface area (Å²) in [5.74, 6) is 0.702. The second-order valence-electron chi connectivity index (χ2n) is 6.01. The third kappa shape index (κ3) is 3.00. The highest BCUT2D eigenvalue weighted by Gasteiger charge is 2.23. The van der Waals surface area contributed by atoms with E-state index in [9.17, 15) is 9.59 Å². The normalized spacial score (nSPS) is 15.0. The highest BCUT2D eigenvalue weighted by Crippen LogP contribution is 2.20. The fourth-order valence-electron chi connectivity index (χ4n) is 3.15. The van der Waals surface area contributed by atoms with Crippen molar-refractivity contribution in [3.63, 3.8) is 0 Å². The van der Waals surface area contributed by atoms with E-state index in [4.69, 9.17) is 4.74 Å². The summed E-state index contributed by atoms with van der Waals surface area (Å²) in [6.07, 6.45) is 1.73. The Hall–Kier alpha value is -2.39. The molecule has 2 aromatic heterocycles. The molecule has 0 saturated carbocycles. The largest absolute Gasteiger partial charge is 0.383 e. The number of nitrogens with one attached hydrogen (secondary N) is 1. The third-order valence-corrected chi connectivity index (χ3v) is 4.44. The van der Waals surface area contributed by atoms with Crippen molar-refractivity contribution in [2.45, 2.75) is 13.1 Å². The van der Waals surface area contributed by atoms with Gasteiger partial charge in [0.25, 0.3) is 5.56 Å². The SMILES string of the molecule is C=CCn1c(N2CCNCC2)nc2c1c(=O)n(CCOC)c(=O)n2C. The maximum absolute atomic E-state index is 13.0. The molecule has 0 radical (unpaired) electrons. The third-order valence-electron chi connectivity index (χ3n) is 4.44. The average molecular weight is 348 g/mol. The molecule has 25 heavy (non-hydrogen) atoms. The topological polar surface area (TPSA) is 86.3 Å². The molecule has 1 aliphatic heterocycles. The van der Waals surface area contributed by atoms with E-state index >= 15 is 0 Å². The molecule has 0 spiro atoms. The van der Waals surface area contributed by atoms with Gasteiger partial charge in [-0.2, -0.15) is 4.98 Å². The van der Waals surface area contributed by atoms with Gasteiger partial charge in [-0.3, -0.25) is 13.9 Å². The van der Waals surface area contributed by atoms with E-state index in [0.29, 0.717) is 30.3 Å². The molecule has 0 atom stereocenters. The van der Waals surface area contributed by atoms with Crippen molar-refractivity contribution in [3.8, 4) is 0 Å². The predicted molar refractivity (Wildman–Crippen MR) is 96.4 cm³/mol. The Labute approximate surface area is 145 Å². The number of imidazole rings is 1. The molecular weight excluding hydrogens is 324 g/mol. The maximum Gasteiger partial charge on any atom is 0.332 e. The van der Waals surface area contributed by atoms with Crippen LogP contribution in [0.1, 0.15) is 0 Å². The molecule has 3 rings (SSSR count). The van der Waals surface area contributed by atoms with Gasteiger partial charge < -0.3 is 19.5 Å². The molecule has 1 N–H and O–H groups in total. The van der Waals surface area contributed by atoms with Crippen LogP contribution in [0.4, 0.5) is 5.95 Å². The van der Waals surface area contributed by atoms with Gasteiger partial charge in [-0.05, 0) is 0 Å². The molecule has 3 heterocycles. The van der Waals surface area contributed by atoms with E-state index in [1.54, 1.807) is 20.2 Å². The molecular formula is C16H24N6O3. The van der Waals surface area contributed by atoms with Crippen molar-refractivity contribution in [3.05, 3.63) is 33.5 Å². The molecule has 9 nitrogen and oxygen atoms in total. The summed E-state index contributed by atoms with van der Waals surface area (Å²) in [4.78, 5) is 32.3. The molecule has 9 heteroatoms. The lowest BCUT2D eigenvalue weighted by Gasteiger charge is -2.28. The summed E-state index contributed by atoms with van der Waals surface area (Å²) in [7, 11) is 3.18. The van der Waals surface area contributed by atoms with Gasteiger partial charge in [-0.1, -0.05) is 6.08 Å². The monoisotopic (exact) mass is 348 g/mol. The van der Waals surface area contributed by atoms with Gasteiger partial charge in [0.2, 0.25) is 5.95 Å². The van der Waals surface area contributed by atoms with E-state index in [2.05, 4.69) is 21.8 Å². The molecule has 0 unspecified atom stereocenters. The van der Waals surface area contributed by atoms with Crippen LogP contribution >= 0.6 is 0 Å². The van der Waals surface area contributed by atoms with Gasteiger partial charge in [0.15, 0.2) is 11.2 Å². The lowest BCUT2D eigenvalue weighted by Crippen LogP contribution is -2.44. The Morgan fingerprint density at radius 2 is 2.00 bits per heavy atom. The number of allylic oxidation sites excluding steroid dienone is 1. The van der Waals surface area contributed by atoms with Crippen molar-refractivity contribution < 1.29 is 4.74 Å². The zero-order chi connectivity index (χ0) is 18.0. The summed E-state index contributed by atoms with van der Waals surface area (Å²) >= 11 is 0. The van der Waals surface area contributed by atoms with Crippen LogP contribution in [0.5, 0.6) is 0 Å². The lowest BCUT2D eigenvalue weighted by atomic mass is 10.4. The van der Waals surface area contributed by atoms with Gasteiger partial charge in [0.1, 0.15) is 0 Å². The molecule has 0 amide bonds. The van der Waals surface area contributed by atoms with Crippen LogP contribution in [0.3, 0.4) is 0 Å². The highest BCUT2D eigenvalue weighted by molar-refractivity contribution is 5.74. The second-order valence-corrected chi connectivity index (χ2v) is 6.01. The molecule has 0 aliphatic carbocycles. The van der Waals surface area contributed by atoms with Crippen molar-refractivity contribution >= 4 is 17.1 Å². The van der Waals surface area contributed by atoms with Crippen LogP contribution in [0.25, 0.3) is 11.2 Å². The summed E-state index contributed by atoms with van der Waals surface area (Å²) < 4.78 is 9.50. The fourth-order valence-corrected chi connectivity index (χ4v) is 3.15. The quantitative estimate of drug-likeness (QED) is 0.684. The average Bonchev–Trinajstić information content (AvgIpc) is 3.01. The van der Waals surface area contributed by atoms with E-state index < -0.39 is 0 Å². The van der Waals surface area contributed by atoms with Gasteiger partial charge in [0, 0.05) is 46.9 Å². The lowest BCUT2D eigenvalue weighted by molar-refractivity contribution is 0.184. The summed E-state index contributed by atoms with van der Waals surface area (Å²) in [5, 5.41) is 3.30. The van der Waals surface area contributed by atoms with Crippen LogP contribution in [0.15, 0.2) is 22.2 Å². The Kier molecular flexibility index (Phi) is 5.05. The first-order valence-electron chi connectivity index (χ1n) is 8.35. The van der Waals surface area contributed by atoms with E-state index in [1.807, 2.05) is 4.57 Å². The van der Waals surface area contributed by atoms with Gasteiger partial charge in [-0.15, -0.1) is 6.58 Å². The van der Waals surface area contributed by atoms with Gasteiger partial charge >= 0.3 is 5.69 Å². The van der Waals surface area contributed by atoms with Crippen LogP contribution in [0.2, 0.25) is 0 Å². The van der Waals surface area contributed by atoms with Gasteiger partial charge in [0.05, 0.1) is 13.2 Å². The number of ether oxygens (including phenoxy) is 1. The number of aryl methyl sites for hydroxylation is 1. The molecule has 136 valence electrons. The first kappa shape index (κ1) is 17.4. The first-order valence-corrected chi connectivity index (χ1v) is 8.35. The summed E-state index contributed by atoms with van der Waals surface area (Å²) in [6, 6.07) is 0. The summed E-state index contributed by atoms with van der Waals surface area (Å²) in [6.45, 7) is 8.05. The van der Waals surface area contributed by atoms with Crippen LogP contribution in [-0.2, 0) is 24.9 Å². The minimum atomic E-state index is -0.385. The number of hydrogen-bond donors (Lipinski definition) is 1. The molecule has 1 saturated heterocycles. The Bertz CT molecular complexity index is 888.